The van der Waals surface area contributed by atoms with E-state index in [1.54, 1.807) is 6.92 Å². The summed E-state index contributed by atoms with van der Waals surface area (Å²) in [7, 11) is 0. The van der Waals surface area contributed by atoms with Crippen molar-refractivity contribution in [3.05, 3.63) is 20.1 Å². The van der Waals surface area contributed by atoms with Crippen LogP contribution in [0.4, 0.5) is 0 Å². The Bertz CT molecular complexity index is 587. The lowest BCUT2D eigenvalue weighted by molar-refractivity contribution is 0.0959. The van der Waals surface area contributed by atoms with E-state index in [0.29, 0.717) is 15.1 Å². The molecule has 0 radical (unpaired) electrons. The smallest absolute Gasteiger partial charge is 0.277 e. The molecule has 0 unspecified atom stereocenters. The summed E-state index contributed by atoms with van der Waals surface area (Å²) < 4.78 is 0. The van der Waals surface area contributed by atoms with Crippen LogP contribution in [0.5, 0.6) is 0 Å². The number of fused-ring (bicyclic) bond motifs is 1. The van der Waals surface area contributed by atoms with Crippen LogP contribution in [0.3, 0.4) is 0 Å². The summed E-state index contributed by atoms with van der Waals surface area (Å²) in [6.45, 7) is 1.73. The monoisotopic (exact) mass is 225 g/mol. The Morgan fingerprint density at radius 2 is 2.33 bits per heavy atom. The van der Waals surface area contributed by atoms with Gasteiger partial charge in [0.25, 0.3) is 11.5 Å². The van der Waals surface area contributed by atoms with Gasteiger partial charge in [0, 0.05) is 4.88 Å². The Morgan fingerprint density at radius 3 is 3.00 bits per heavy atom. The molecular formula is C7H7N5O2S. The van der Waals surface area contributed by atoms with Gasteiger partial charge in [0.2, 0.25) is 0 Å². The van der Waals surface area contributed by atoms with Crippen LogP contribution in [0.1, 0.15) is 14.5 Å². The van der Waals surface area contributed by atoms with Gasteiger partial charge in [0.15, 0.2) is 0 Å². The minimum Gasteiger partial charge on any atom is -0.289 e. The van der Waals surface area contributed by atoms with Crippen LogP contribution in [0.15, 0.2) is 4.79 Å². The number of H-pyrrole nitrogens is 1. The lowest BCUT2D eigenvalue weighted by Gasteiger charge is -1.93. The molecule has 2 rings (SSSR count). The predicted molar refractivity (Wildman–Crippen MR) is 54.4 cm³/mol. The highest BCUT2D eigenvalue weighted by atomic mass is 32.1. The highest BCUT2D eigenvalue weighted by Crippen LogP contribution is 2.25. The number of hydrogen-bond acceptors (Lipinski definition) is 6. The van der Waals surface area contributed by atoms with Crippen LogP contribution in [-0.4, -0.2) is 21.3 Å². The van der Waals surface area contributed by atoms with Crippen molar-refractivity contribution in [2.45, 2.75) is 6.92 Å². The number of aromatic amines is 1. The minimum absolute atomic E-state index is 0.282. The number of carbonyl (C=O) groups is 1. The van der Waals surface area contributed by atoms with E-state index in [1.165, 1.54) is 0 Å². The molecule has 0 fully saturated rings. The van der Waals surface area contributed by atoms with Crippen molar-refractivity contribution in [1.29, 1.82) is 0 Å². The Hall–Kier alpha value is -1.80. The van der Waals surface area contributed by atoms with Crippen LogP contribution in [0.2, 0.25) is 0 Å². The van der Waals surface area contributed by atoms with E-state index in [1.807, 2.05) is 5.43 Å². The average molecular weight is 225 g/mol. The summed E-state index contributed by atoms with van der Waals surface area (Å²) in [5.41, 5.74) is 1.92. The molecule has 2 aromatic heterocycles. The van der Waals surface area contributed by atoms with E-state index in [0.717, 1.165) is 11.3 Å². The first-order valence-corrected chi connectivity index (χ1v) is 4.82. The van der Waals surface area contributed by atoms with E-state index in [-0.39, 0.29) is 11.1 Å². The molecule has 0 aromatic carbocycles. The summed E-state index contributed by atoms with van der Waals surface area (Å²) in [6, 6.07) is 0. The third-order valence-corrected chi connectivity index (χ3v) is 3.02. The molecule has 0 aliphatic heterocycles. The maximum absolute atomic E-state index is 11.4. The van der Waals surface area contributed by atoms with Crippen LogP contribution in [0, 0.1) is 6.92 Å². The highest BCUT2D eigenvalue weighted by molar-refractivity contribution is 7.15. The molecule has 1 amide bonds. The number of nitrogens with zero attached hydrogens (tertiary/aromatic N) is 2. The largest absolute Gasteiger partial charge is 0.289 e. The third kappa shape index (κ3) is 1.39. The number of aryl methyl sites for hydroxylation is 1. The van der Waals surface area contributed by atoms with E-state index in [2.05, 4.69) is 15.4 Å². The van der Waals surface area contributed by atoms with Crippen molar-refractivity contribution < 1.29 is 4.79 Å². The van der Waals surface area contributed by atoms with Gasteiger partial charge >= 0.3 is 0 Å². The molecule has 7 nitrogen and oxygen atoms in total. The van der Waals surface area contributed by atoms with E-state index in [9.17, 15) is 9.59 Å². The van der Waals surface area contributed by atoms with Crippen LogP contribution >= 0.6 is 11.3 Å². The quantitative estimate of drug-likeness (QED) is 0.337. The van der Waals surface area contributed by atoms with Gasteiger partial charge in [-0.05, 0) is 6.92 Å². The van der Waals surface area contributed by atoms with E-state index in [4.69, 9.17) is 5.84 Å². The normalized spacial score (nSPS) is 10.5. The fraction of sp³-hybridized carbons (Fsp3) is 0.143. The molecule has 0 spiro atoms. The van der Waals surface area contributed by atoms with Crippen LogP contribution in [-0.2, 0) is 0 Å². The molecule has 2 heterocycles. The summed E-state index contributed by atoms with van der Waals surface area (Å²) in [5, 5.41) is 9.72. The van der Waals surface area contributed by atoms with Crippen molar-refractivity contribution >= 4 is 28.1 Å². The third-order valence-electron chi connectivity index (χ3n) is 1.93. The van der Waals surface area contributed by atoms with Gasteiger partial charge in [-0.2, -0.15) is 0 Å². The van der Waals surface area contributed by atoms with Gasteiger partial charge in [-0.1, -0.05) is 5.21 Å². The van der Waals surface area contributed by atoms with Gasteiger partial charge in [0.1, 0.15) is 10.4 Å². The topological polar surface area (TPSA) is 114 Å². The number of aromatic nitrogens is 3. The molecule has 8 heteroatoms. The molecule has 78 valence electrons. The Kier molecular flexibility index (Phi) is 2.21. The molecule has 0 saturated heterocycles. The molecule has 15 heavy (non-hydrogen) atoms. The Balaban J connectivity index is 2.85. The molecule has 2 aromatic rings. The number of carbonyl (C=O) groups excluding carboxylic acids is 1. The number of hydrazine groups is 1. The fourth-order valence-electron chi connectivity index (χ4n) is 1.29. The predicted octanol–water partition coefficient (Wildman–Crippen LogP) is -0.708. The summed E-state index contributed by atoms with van der Waals surface area (Å²) in [6.07, 6.45) is 0. The summed E-state index contributed by atoms with van der Waals surface area (Å²) in [4.78, 5) is 23.8. The molecule has 0 atom stereocenters. The number of nitrogens with one attached hydrogen (secondary N) is 2. The molecule has 0 aliphatic carbocycles. The maximum atomic E-state index is 11.4. The second-order valence-corrected chi connectivity index (χ2v) is 4.05. The fourth-order valence-corrected chi connectivity index (χ4v) is 2.28. The standard InChI is InChI=1S/C7H7N5O2S/c1-2-3-4(10-12-11-6(3)13)5(15-2)7(14)9-8/h8H2,1H3,(H,9,14)(H,10,11,13). The molecule has 0 saturated carbocycles. The van der Waals surface area contributed by atoms with Gasteiger partial charge in [-0.15, -0.1) is 16.4 Å². The van der Waals surface area contributed by atoms with E-state index < -0.39 is 5.91 Å². The summed E-state index contributed by atoms with van der Waals surface area (Å²) >= 11 is 1.16. The van der Waals surface area contributed by atoms with Crippen molar-refractivity contribution in [3.8, 4) is 0 Å². The van der Waals surface area contributed by atoms with Crippen molar-refractivity contribution in [3.63, 3.8) is 0 Å². The first-order valence-electron chi connectivity index (χ1n) is 4.00. The van der Waals surface area contributed by atoms with Crippen LogP contribution < -0.4 is 16.8 Å². The minimum atomic E-state index is -0.474. The number of nitrogens with two attached hydrogens (primary N) is 1. The zero-order valence-electron chi connectivity index (χ0n) is 7.70. The van der Waals surface area contributed by atoms with Crippen molar-refractivity contribution in [2.24, 2.45) is 5.84 Å². The molecule has 0 aliphatic rings. The van der Waals surface area contributed by atoms with Crippen LogP contribution in [0.25, 0.3) is 10.9 Å². The first-order chi connectivity index (χ1) is 7.15. The van der Waals surface area contributed by atoms with Crippen molar-refractivity contribution in [1.82, 2.24) is 20.8 Å². The Labute approximate surface area is 87.3 Å². The van der Waals surface area contributed by atoms with Gasteiger partial charge in [-0.25, -0.2) is 10.9 Å². The second kappa shape index (κ2) is 3.41. The van der Waals surface area contributed by atoms with E-state index >= 15 is 0 Å². The van der Waals surface area contributed by atoms with Gasteiger partial charge < -0.3 is 0 Å². The molecule has 0 bridgehead atoms. The number of thiophene rings is 1. The SMILES string of the molecule is Cc1sc(C(=O)NN)c2nn[nH]c(=O)c12. The lowest BCUT2D eigenvalue weighted by Crippen LogP contribution is -2.29. The van der Waals surface area contributed by atoms with Gasteiger partial charge in [-0.3, -0.25) is 15.0 Å². The maximum Gasteiger partial charge on any atom is 0.277 e. The molecule has 4 N–H and O–H groups in total. The number of hydrogen-bond donors (Lipinski definition) is 3. The lowest BCUT2D eigenvalue weighted by atomic mass is 10.3. The second-order valence-electron chi connectivity index (χ2n) is 2.83. The Morgan fingerprint density at radius 1 is 1.60 bits per heavy atom. The summed E-state index contributed by atoms with van der Waals surface area (Å²) in [5.74, 6) is 4.54. The van der Waals surface area contributed by atoms with Gasteiger partial charge in [0.05, 0.1) is 5.39 Å². The highest BCUT2D eigenvalue weighted by Gasteiger charge is 2.18. The average Bonchev–Trinajstić information content (AvgIpc) is 2.56. The number of nitrogen functional groups attached to an aromatic ring is 1. The zero-order chi connectivity index (χ0) is 11.0. The first kappa shape index (κ1) is 9.74. The number of amides is 1. The molecular weight excluding hydrogens is 218 g/mol. The zero-order valence-corrected chi connectivity index (χ0v) is 8.51. The number of rotatable bonds is 1. The van der Waals surface area contributed by atoms with Crippen molar-refractivity contribution in [2.75, 3.05) is 0 Å².